The second-order valence-electron chi connectivity index (χ2n) is 3.67. The number of nitrogens with two attached hydrogens (primary N) is 1. The van der Waals surface area contributed by atoms with E-state index in [0.29, 0.717) is 12.6 Å². The molecule has 0 aromatic rings. The van der Waals surface area contributed by atoms with E-state index in [1.807, 2.05) is 0 Å². The Balaban J connectivity index is 2.44. The molecule has 1 fully saturated rings. The van der Waals surface area contributed by atoms with Gasteiger partial charge in [0.2, 0.25) is 0 Å². The highest BCUT2D eigenvalue weighted by molar-refractivity contribution is 4.81. The van der Waals surface area contributed by atoms with Gasteiger partial charge in [0.25, 0.3) is 0 Å². The zero-order chi connectivity index (χ0) is 8.32. The van der Waals surface area contributed by atoms with Gasteiger partial charge in [-0.25, -0.2) is 0 Å². The molecule has 1 aliphatic heterocycles. The van der Waals surface area contributed by atoms with Gasteiger partial charge in [-0.15, -0.1) is 0 Å². The maximum Gasteiger partial charge on any atom is 0.0704 e. The number of ether oxygens (including phenoxy) is 1. The largest absolute Gasteiger partial charge is 0.371 e. The maximum absolute atomic E-state index is 5.85. The van der Waals surface area contributed by atoms with Crippen LogP contribution in [0.5, 0.6) is 0 Å². The first-order chi connectivity index (χ1) is 5.20. The number of hydrogen-bond donors (Lipinski definition) is 1. The number of rotatable bonds is 2. The van der Waals surface area contributed by atoms with E-state index in [0.717, 1.165) is 12.8 Å². The van der Waals surface area contributed by atoms with Crippen LogP contribution in [0.2, 0.25) is 0 Å². The van der Waals surface area contributed by atoms with Crippen LogP contribution in [0.4, 0.5) is 0 Å². The van der Waals surface area contributed by atoms with Gasteiger partial charge in [-0.3, -0.25) is 0 Å². The summed E-state index contributed by atoms with van der Waals surface area (Å²) in [7, 11) is 0. The molecule has 0 bridgehead atoms. The average molecular weight is 157 g/mol. The smallest absolute Gasteiger partial charge is 0.0704 e. The van der Waals surface area contributed by atoms with Crippen molar-refractivity contribution in [1.29, 1.82) is 0 Å². The van der Waals surface area contributed by atoms with Crippen LogP contribution in [0.15, 0.2) is 0 Å². The zero-order valence-corrected chi connectivity index (χ0v) is 7.60. The lowest BCUT2D eigenvalue weighted by molar-refractivity contribution is -0.115. The molecule has 2 heteroatoms. The van der Waals surface area contributed by atoms with Crippen LogP contribution in [-0.2, 0) is 4.74 Å². The van der Waals surface area contributed by atoms with Gasteiger partial charge in [-0.1, -0.05) is 6.92 Å². The molecule has 1 saturated heterocycles. The SMILES string of the molecule is CCC1(C)CCCC(CN)O1. The van der Waals surface area contributed by atoms with Crippen LogP contribution in [0.3, 0.4) is 0 Å². The summed E-state index contributed by atoms with van der Waals surface area (Å²) in [4.78, 5) is 0. The van der Waals surface area contributed by atoms with E-state index in [1.54, 1.807) is 0 Å². The first kappa shape index (κ1) is 9.01. The second-order valence-corrected chi connectivity index (χ2v) is 3.67. The predicted molar refractivity (Wildman–Crippen MR) is 46.5 cm³/mol. The molecule has 0 spiro atoms. The summed E-state index contributed by atoms with van der Waals surface area (Å²) in [5.41, 5.74) is 5.67. The van der Waals surface area contributed by atoms with Crippen LogP contribution in [-0.4, -0.2) is 18.2 Å². The Morgan fingerprint density at radius 3 is 2.91 bits per heavy atom. The molecule has 2 N–H and O–H groups in total. The lowest BCUT2D eigenvalue weighted by atomic mass is 9.91. The van der Waals surface area contributed by atoms with Crippen molar-refractivity contribution >= 4 is 0 Å². The van der Waals surface area contributed by atoms with Crippen molar-refractivity contribution in [2.24, 2.45) is 5.73 Å². The van der Waals surface area contributed by atoms with Crippen molar-refractivity contribution in [3.05, 3.63) is 0 Å². The monoisotopic (exact) mass is 157 g/mol. The van der Waals surface area contributed by atoms with Gasteiger partial charge in [-0.05, 0) is 32.6 Å². The molecule has 0 saturated carbocycles. The molecule has 2 unspecified atom stereocenters. The fourth-order valence-corrected chi connectivity index (χ4v) is 1.65. The summed E-state index contributed by atoms with van der Waals surface area (Å²) in [6.45, 7) is 5.04. The van der Waals surface area contributed by atoms with Crippen molar-refractivity contribution in [2.75, 3.05) is 6.54 Å². The van der Waals surface area contributed by atoms with Gasteiger partial charge in [0.05, 0.1) is 11.7 Å². The highest BCUT2D eigenvalue weighted by atomic mass is 16.5. The number of hydrogen-bond acceptors (Lipinski definition) is 2. The molecule has 2 nitrogen and oxygen atoms in total. The molecule has 0 aromatic carbocycles. The Bertz CT molecular complexity index is 127. The lowest BCUT2D eigenvalue weighted by Crippen LogP contribution is -2.40. The van der Waals surface area contributed by atoms with Gasteiger partial charge in [0.1, 0.15) is 0 Å². The van der Waals surface area contributed by atoms with Gasteiger partial charge in [0.15, 0.2) is 0 Å². The lowest BCUT2D eigenvalue weighted by Gasteiger charge is -2.37. The second kappa shape index (κ2) is 3.55. The fourth-order valence-electron chi connectivity index (χ4n) is 1.65. The van der Waals surface area contributed by atoms with E-state index in [9.17, 15) is 0 Å². The molecule has 1 aliphatic rings. The molecule has 0 amide bonds. The summed E-state index contributed by atoms with van der Waals surface area (Å²) in [5, 5.41) is 0. The van der Waals surface area contributed by atoms with Gasteiger partial charge in [0, 0.05) is 6.54 Å². The van der Waals surface area contributed by atoms with E-state index in [1.165, 1.54) is 12.8 Å². The molecule has 1 heterocycles. The van der Waals surface area contributed by atoms with E-state index in [-0.39, 0.29) is 5.60 Å². The molecule has 1 rings (SSSR count). The van der Waals surface area contributed by atoms with Crippen molar-refractivity contribution in [3.63, 3.8) is 0 Å². The predicted octanol–water partition coefficient (Wildman–Crippen LogP) is 1.68. The van der Waals surface area contributed by atoms with Crippen molar-refractivity contribution in [1.82, 2.24) is 0 Å². The molecular weight excluding hydrogens is 138 g/mol. The van der Waals surface area contributed by atoms with Crippen LogP contribution in [0.1, 0.15) is 39.5 Å². The Kier molecular flexibility index (Phi) is 2.90. The topological polar surface area (TPSA) is 35.2 Å². The first-order valence-corrected chi connectivity index (χ1v) is 4.58. The highest BCUT2D eigenvalue weighted by Crippen LogP contribution is 2.30. The standard InChI is InChI=1S/C9H19NO/c1-3-9(2)6-4-5-8(7-10)11-9/h8H,3-7,10H2,1-2H3. The van der Waals surface area contributed by atoms with Crippen LogP contribution < -0.4 is 5.73 Å². The first-order valence-electron chi connectivity index (χ1n) is 4.58. The van der Waals surface area contributed by atoms with Gasteiger partial charge < -0.3 is 10.5 Å². The van der Waals surface area contributed by atoms with Crippen molar-refractivity contribution in [2.45, 2.75) is 51.2 Å². The maximum atomic E-state index is 5.85. The Labute approximate surface area is 69.1 Å². The normalized spacial score (nSPS) is 39.0. The Morgan fingerprint density at radius 1 is 1.64 bits per heavy atom. The van der Waals surface area contributed by atoms with Crippen LogP contribution in [0.25, 0.3) is 0 Å². The van der Waals surface area contributed by atoms with Gasteiger partial charge in [-0.2, -0.15) is 0 Å². The average Bonchev–Trinajstić information content (AvgIpc) is 2.05. The van der Waals surface area contributed by atoms with E-state index < -0.39 is 0 Å². The summed E-state index contributed by atoms with van der Waals surface area (Å²) in [6, 6.07) is 0. The third-order valence-electron chi connectivity index (χ3n) is 2.69. The minimum atomic E-state index is 0.113. The van der Waals surface area contributed by atoms with Crippen molar-refractivity contribution < 1.29 is 4.74 Å². The van der Waals surface area contributed by atoms with Crippen LogP contribution in [0, 0.1) is 0 Å². The zero-order valence-electron chi connectivity index (χ0n) is 7.60. The molecule has 0 aromatic heterocycles. The third kappa shape index (κ3) is 2.17. The molecule has 0 aliphatic carbocycles. The summed E-state index contributed by atoms with van der Waals surface area (Å²) >= 11 is 0. The summed E-state index contributed by atoms with van der Waals surface area (Å²) < 4.78 is 5.85. The molecule has 11 heavy (non-hydrogen) atoms. The third-order valence-corrected chi connectivity index (χ3v) is 2.69. The van der Waals surface area contributed by atoms with Crippen molar-refractivity contribution in [3.8, 4) is 0 Å². The fraction of sp³-hybridized carbons (Fsp3) is 1.00. The molecule has 66 valence electrons. The Morgan fingerprint density at radius 2 is 2.36 bits per heavy atom. The highest BCUT2D eigenvalue weighted by Gasteiger charge is 2.30. The minimum Gasteiger partial charge on any atom is -0.371 e. The summed E-state index contributed by atoms with van der Waals surface area (Å²) in [6.07, 6.45) is 5.02. The quantitative estimate of drug-likeness (QED) is 0.662. The Hall–Kier alpha value is -0.0800. The summed E-state index contributed by atoms with van der Waals surface area (Å²) in [5.74, 6) is 0. The van der Waals surface area contributed by atoms with E-state index in [2.05, 4.69) is 13.8 Å². The van der Waals surface area contributed by atoms with E-state index in [4.69, 9.17) is 10.5 Å². The molecule has 0 radical (unpaired) electrons. The van der Waals surface area contributed by atoms with Gasteiger partial charge >= 0.3 is 0 Å². The molecular formula is C9H19NO. The molecule has 2 atom stereocenters. The van der Waals surface area contributed by atoms with E-state index >= 15 is 0 Å². The van der Waals surface area contributed by atoms with Crippen LogP contribution >= 0.6 is 0 Å². The minimum absolute atomic E-state index is 0.113.